The lowest BCUT2D eigenvalue weighted by atomic mass is 10.3. The van der Waals surface area contributed by atoms with Crippen molar-refractivity contribution in [2.24, 2.45) is 0 Å². The van der Waals surface area contributed by atoms with Crippen molar-refractivity contribution in [1.29, 1.82) is 0 Å². The van der Waals surface area contributed by atoms with Gasteiger partial charge in [-0.25, -0.2) is 0 Å². The summed E-state index contributed by atoms with van der Waals surface area (Å²) in [4.78, 5) is 2.17. The van der Waals surface area contributed by atoms with E-state index in [0.717, 1.165) is 21.3 Å². The summed E-state index contributed by atoms with van der Waals surface area (Å²) >= 11 is 3.18. The number of hydrogen-bond donors (Lipinski definition) is 0. The molecule has 0 aliphatic carbocycles. The first-order chi connectivity index (χ1) is 8.30. The Morgan fingerprint density at radius 2 is 2.00 bits per heavy atom. The van der Waals surface area contributed by atoms with Gasteiger partial charge in [-0.3, -0.25) is 4.57 Å². The van der Waals surface area contributed by atoms with Crippen molar-refractivity contribution in [2.75, 3.05) is 13.2 Å². The molecule has 0 fully saturated rings. The summed E-state index contributed by atoms with van der Waals surface area (Å²) < 4.78 is 22.2. The molecule has 92 valence electrons. The van der Waals surface area contributed by atoms with Crippen LogP contribution >= 0.6 is 32.0 Å². The molecule has 0 saturated carbocycles. The number of ether oxygens (including phenoxy) is 2. The summed E-state index contributed by atoms with van der Waals surface area (Å²) in [5, 5.41) is 0. The maximum Gasteiger partial charge on any atom is 0.181 e. The lowest BCUT2D eigenvalue weighted by molar-refractivity contribution is 0.281. The van der Waals surface area contributed by atoms with Crippen LogP contribution in [0.3, 0.4) is 0 Å². The molecule has 0 saturated heterocycles. The van der Waals surface area contributed by atoms with Gasteiger partial charge in [0.25, 0.3) is 0 Å². The van der Waals surface area contributed by atoms with Crippen molar-refractivity contribution in [3.05, 3.63) is 12.1 Å². The summed E-state index contributed by atoms with van der Waals surface area (Å²) in [5.74, 6) is 1.56. The third kappa shape index (κ3) is 2.72. The van der Waals surface area contributed by atoms with E-state index in [1.807, 2.05) is 26.0 Å². The van der Waals surface area contributed by atoms with Crippen LogP contribution in [0.4, 0.5) is 0 Å². The van der Waals surface area contributed by atoms with E-state index in [2.05, 4.69) is 0 Å². The molecular weight excluding hydrogens is 275 g/mol. The predicted molar refractivity (Wildman–Crippen MR) is 71.9 cm³/mol. The molecule has 1 aromatic carbocycles. The third-order valence-corrected chi connectivity index (χ3v) is 5.83. The van der Waals surface area contributed by atoms with Crippen molar-refractivity contribution < 1.29 is 14.0 Å². The van der Waals surface area contributed by atoms with Gasteiger partial charge in [-0.05, 0) is 26.0 Å². The highest BCUT2D eigenvalue weighted by Gasteiger charge is 2.28. The van der Waals surface area contributed by atoms with Crippen LogP contribution in [0.2, 0.25) is 0 Å². The zero-order valence-corrected chi connectivity index (χ0v) is 12.2. The van der Waals surface area contributed by atoms with E-state index < -0.39 is 0 Å². The van der Waals surface area contributed by atoms with Crippen LogP contribution in [-0.2, 0) is 4.57 Å². The Hall–Kier alpha value is -0.380. The minimum atomic E-state index is 0.0288. The topological polar surface area (TPSA) is 35.5 Å². The Morgan fingerprint density at radius 3 is 2.65 bits per heavy atom. The Balaban J connectivity index is 2.37. The second-order valence-corrected chi connectivity index (χ2v) is 7.22. The molecule has 1 unspecified atom stereocenters. The molecule has 1 aliphatic heterocycles. The van der Waals surface area contributed by atoms with Crippen LogP contribution in [0.5, 0.6) is 11.5 Å². The lowest BCUT2D eigenvalue weighted by Crippen LogP contribution is -1.99. The molecule has 6 heteroatoms. The van der Waals surface area contributed by atoms with Crippen LogP contribution in [0.15, 0.2) is 21.9 Å². The van der Waals surface area contributed by atoms with Gasteiger partial charge in [0.15, 0.2) is 20.0 Å². The van der Waals surface area contributed by atoms with Gasteiger partial charge in [0.2, 0.25) is 0 Å². The molecule has 0 aromatic heterocycles. The summed E-state index contributed by atoms with van der Waals surface area (Å²) in [6.45, 7) is 5.11. The third-order valence-electron chi connectivity index (χ3n) is 2.16. The van der Waals surface area contributed by atoms with Crippen LogP contribution in [0, 0.1) is 0 Å². The average Bonchev–Trinajstić information content (AvgIpc) is 2.76. The standard InChI is InChI=1S/C11H13O3PS2/c1-3-13-7-5-6-8-10(9(7)14-4-2)17-11(15-12)16-8/h5-6,11H,3-4H2,1-2H3. The number of benzene rings is 1. The Bertz CT molecular complexity index is 425. The summed E-state index contributed by atoms with van der Waals surface area (Å²) in [7, 11) is 0.149. The second kappa shape index (κ2) is 5.98. The maximum atomic E-state index is 10.9. The van der Waals surface area contributed by atoms with Gasteiger partial charge in [0, 0.05) is 4.90 Å². The van der Waals surface area contributed by atoms with Gasteiger partial charge in [0.05, 0.1) is 18.1 Å². The normalized spacial score (nSPS) is 18.1. The predicted octanol–water partition coefficient (Wildman–Crippen LogP) is 4.26. The molecule has 2 rings (SSSR count). The van der Waals surface area contributed by atoms with E-state index in [1.165, 1.54) is 0 Å². The van der Waals surface area contributed by atoms with Gasteiger partial charge >= 0.3 is 0 Å². The summed E-state index contributed by atoms with van der Waals surface area (Å²) in [6, 6.07) is 3.93. The van der Waals surface area contributed by atoms with Gasteiger partial charge in [0.1, 0.15) is 4.32 Å². The molecule has 0 amide bonds. The fourth-order valence-electron chi connectivity index (χ4n) is 1.56. The quantitative estimate of drug-likeness (QED) is 0.757. The number of hydrogen-bond acceptors (Lipinski definition) is 5. The van der Waals surface area contributed by atoms with Crippen molar-refractivity contribution in [3.63, 3.8) is 0 Å². The monoisotopic (exact) mass is 288 g/mol. The van der Waals surface area contributed by atoms with Gasteiger partial charge in [-0.1, -0.05) is 23.5 Å². The highest BCUT2D eigenvalue weighted by molar-refractivity contribution is 8.24. The minimum Gasteiger partial charge on any atom is -0.490 e. The molecule has 1 atom stereocenters. The summed E-state index contributed by atoms with van der Waals surface area (Å²) in [5.41, 5.74) is 0. The van der Waals surface area contributed by atoms with E-state index in [1.54, 1.807) is 23.5 Å². The zero-order valence-electron chi connectivity index (χ0n) is 9.63. The fraction of sp³-hybridized carbons (Fsp3) is 0.455. The van der Waals surface area contributed by atoms with Gasteiger partial charge in [-0.2, -0.15) is 0 Å². The largest absolute Gasteiger partial charge is 0.490 e. The average molecular weight is 288 g/mol. The highest BCUT2D eigenvalue weighted by Crippen LogP contribution is 2.57. The number of rotatable bonds is 5. The maximum absolute atomic E-state index is 10.9. The van der Waals surface area contributed by atoms with Crippen LogP contribution in [0.1, 0.15) is 13.8 Å². The van der Waals surface area contributed by atoms with E-state index in [-0.39, 0.29) is 12.8 Å². The molecule has 0 spiro atoms. The Kier molecular flexibility index (Phi) is 4.60. The van der Waals surface area contributed by atoms with Crippen molar-refractivity contribution in [1.82, 2.24) is 0 Å². The first-order valence-electron chi connectivity index (χ1n) is 5.38. The first kappa shape index (κ1) is 13.1. The van der Waals surface area contributed by atoms with E-state index in [4.69, 9.17) is 9.47 Å². The smallest absolute Gasteiger partial charge is 0.181 e. The molecule has 3 nitrogen and oxygen atoms in total. The van der Waals surface area contributed by atoms with E-state index >= 15 is 0 Å². The Morgan fingerprint density at radius 1 is 1.24 bits per heavy atom. The highest BCUT2D eigenvalue weighted by atomic mass is 32.2. The van der Waals surface area contributed by atoms with Crippen LogP contribution in [-0.4, -0.2) is 17.5 Å². The van der Waals surface area contributed by atoms with Gasteiger partial charge < -0.3 is 9.47 Å². The minimum absolute atomic E-state index is 0.0288. The summed E-state index contributed by atoms with van der Waals surface area (Å²) in [6.07, 6.45) is 0. The van der Waals surface area contributed by atoms with Crippen molar-refractivity contribution in [3.8, 4) is 11.5 Å². The van der Waals surface area contributed by atoms with Crippen LogP contribution < -0.4 is 9.47 Å². The molecular formula is C11H13O3PS2. The van der Waals surface area contributed by atoms with Crippen molar-refractivity contribution in [2.45, 2.75) is 28.0 Å². The van der Waals surface area contributed by atoms with E-state index in [0.29, 0.717) is 13.2 Å². The SMILES string of the molecule is CCOc1ccc2c(c1OCC)SC(P=O)S2. The van der Waals surface area contributed by atoms with E-state index in [9.17, 15) is 4.57 Å². The van der Waals surface area contributed by atoms with Gasteiger partial charge in [-0.15, -0.1) is 0 Å². The molecule has 1 heterocycles. The fourth-order valence-corrected chi connectivity index (χ4v) is 4.86. The lowest BCUT2D eigenvalue weighted by Gasteiger charge is -2.13. The molecule has 1 aliphatic rings. The molecule has 0 N–H and O–H groups in total. The van der Waals surface area contributed by atoms with Crippen molar-refractivity contribution >= 4 is 32.0 Å². The molecule has 17 heavy (non-hydrogen) atoms. The second-order valence-electron chi connectivity index (χ2n) is 3.23. The van der Waals surface area contributed by atoms with Crippen LogP contribution in [0.25, 0.3) is 0 Å². The first-order valence-corrected chi connectivity index (χ1v) is 8.02. The number of thioether (sulfide) groups is 2. The molecule has 1 aromatic rings. The number of fused-ring (bicyclic) bond motifs is 1. The zero-order chi connectivity index (χ0) is 12.3. The Labute approximate surface area is 111 Å². The molecule has 0 radical (unpaired) electrons. The molecule has 0 bridgehead atoms.